The maximum absolute atomic E-state index is 4.76. The van der Waals surface area contributed by atoms with Crippen molar-refractivity contribution in [3.8, 4) is 22.3 Å². The Balaban J connectivity index is 1.17. The molecule has 13 rings (SSSR count). The van der Waals surface area contributed by atoms with Gasteiger partial charge in [-0.3, -0.25) is 9.97 Å². The van der Waals surface area contributed by atoms with Gasteiger partial charge in [-0.2, -0.15) is 0 Å². The minimum Gasteiger partial charge on any atom is -0.264 e. The van der Waals surface area contributed by atoms with Crippen LogP contribution in [-0.2, 0) is 11.3 Å². The zero-order valence-electron chi connectivity index (χ0n) is 31.6. The van der Waals surface area contributed by atoms with Crippen LogP contribution >= 0.6 is 17.2 Å². The SMILES string of the molecule is PC(c1cccnc1)(c1cccnc1)c1cc(-c2ccccc2)c(-c2ccccc2)cc1CP(C12CC3CC(CC(C3)C1)C2)C12CC3CC(CC(C3)C1)C2. The van der Waals surface area contributed by atoms with E-state index in [-0.39, 0.29) is 7.92 Å². The van der Waals surface area contributed by atoms with Crippen molar-refractivity contribution in [3.05, 3.63) is 144 Å². The van der Waals surface area contributed by atoms with Crippen LogP contribution in [0.2, 0.25) is 0 Å². The molecule has 2 nitrogen and oxygen atoms in total. The van der Waals surface area contributed by atoms with Crippen LogP contribution in [0.4, 0.5) is 0 Å². The van der Waals surface area contributed by atoms with Gasteiger partial charge < -0.3 is 0 Å². The van der Waals surface area contributed by atoms with E-state index in [1.807, 2.05) is 12.4 Å². The lowest BCUT2D eigenvalue weighted by atomic mass is 9.55. The molecule has 1 unspecified atom stereocenters. The molecule has 0 aliphatic heterocycles. The number of benzene rings is 3. The molecule has 8 aliphatic carbocycles. The summed E-state index contributed by atoms with van der Waals surface area (Å²) in [5.41, 5.74) is 10.7. The largest absolute Gasteiger partial charge is 0.264 e. The molecule has 8 saturated carbocycles. The van der Waals surface area contributed by atoms with Gasteiger partial charge in [-0.05, 0) is 198 Å². The summed E-state index contributed by atoms with van der Waals surface area (Å²) in [5.74, 6) is 5.84. The number of nitrogens with zero attached hydrogens (tertiary/aromatic N) is 2. The molecule has 274 valence electrons. The Morgan fingerprint density at radius 3 is 1.33 bits per heavy atom. The first kappa shape index (κ1) is 34.1. The summed E-state index contributed by atoms with van der Waals surface area (Å²) in [4.78, 5) is 9.52. The van der Waals surface area contributed by atoms with E-state index in [1.54, 1.807) is 5.56 Å². The molecule has 8 fully saturated rings. The molecule has 0 spiro atoms. The molecular weight excluding hydrogens is 691 g/mol. The maximum Gasteiger partial charge on any atom is 0.0624 e. The van der Waals surface area contributed by atoms with Gasteiger partial charge in [0.25, 0.3) is 0 Å². The molecule has 54 heavy (non-hydrogen) atoms. The fraction of sp³-hybridized carbons (Fsp3) is 0.440. The number of hydrogen-bond acceptors (Lipinski definition) is 2. The average molecular weight is 745 g/mol. The van der Waals surface area contributed by atoms with E-state index in [0.717, 1.165) is 35.5 Å². The Labute approximate surface area is 326 Å². The van der Waals surface area contributed by atoms with Gasteiger partial charge in [0.2, 0.25) is 0 Å². The fourth-order valence-corrected chi connectivity index (χ4v) is 20.1. The van der Waals surface area contributed by atoms with E-state index in [0.29, 0.717) is 10.3 Å². The van der Waals surface area contributed by atoms with E-state index in [4.69, 9.17) is 9.97 Å². The Hall–Kier alpha value is -3.18. The molecule has 2 aromatic heterocycles. The van der Waals surface area contributed by atoms with Gasteiger partial charge in [-0.15, -0.1) is 9.24 Å². The van der Waals surface area contributed by atoms with Crippen molar-refractivity contribution in [2.75, 3.05) is 0 Å². The Bertz CT molecular complexity index is 1980. The minimum atomic E-state index is -0.499. The Morgan fingerprint density at radius 2 is 0.944 bits per heavy atom. The Kier molecular flexibility index (Phi) is 8.34. The van der Waals surface area contributed by atoms with Crippen molar-refractivity contribution in [1.29, 1.82) is 0 Å². The second-order valence-electron chi connectivity index (χ2n) is 18.9. The molecule has 8 aliphatic rings. The molecule has 5 aromatic rings. The Morgan fingerprint density at radius 1 is 0.537 bits per heavy atom. The smallest absolute Gasteiger partial charge is 0.0624 e. The van der Waals surface area contributed by atoms with Gasteiger partial charge in [-0.25, -0.2) is 0 Å². The summed E-state index contributed by atoms with van der Waals surface area (Å²) in [7, 11) is 3.15. The van der Waals surface area contributed by atoms with E-state index in [2.05, 4.69) is 119 Å². The topological polar surface area (TPSA) is 25.8 Å². The average Bonchev–Trinajstić information content (AvgIpc) is 3.19. The van der Waals surface area contributed by atoms with Crippen LogP contribution < -0.4 is 0 Å². The third-order valence-electron chi connectivity index (χ3n) is 15.6. The standard InChI is InChI=1S/C50H54N2P2/c53-50(43-13-7-15-51-31-43,44-14-8-16-52-32-44)47-24-46(41-11-5-2-6-12-41)45(40-9-3-1-4-10-40)23-42(47)33-54(48-25-34-17-35(26-48)19-36(18-34)27-48)49-28-37-20-38(29-49)22-39(21-37)30-49/h1-16,23-24,31-32,34-39H,17-22,25-30,33,53H2. The highest BCUT2D eigenvalue weighted by Crippen LogP contribution is 2.80. The molecule has 0 N–H and O–H groups in total. The summed E-state index contributed by atoms with van der Waals surface area (Å²) >= 11 is 0. The van der Waals surface area contributed by atoms with Gasteiger partial charge >= 0.3 is 0 Å². The first-order valence-corrected chi connectivity index (χ1v) is 23.2. The molecule has 0 radical (unpaired) electrons. The number of hydrogen-bond donors (Lipinski definition) is 0. The van der Waals surface area contributed by atoms with Gasteiger partial charge in [-0.1, -0.05) is 80.7 Å². The number of aromatic nitrogens is 2. The molecule has 1 atom stereocenters. The second-order valence-corrected chi connectivity index (χ2v) is 22.9. The van der Waals surface area contributed by atoms with Crippen molar-refractivity contribution >= 4 is 17.2 Å². The lowest BCUT2D eigenvalue weighted by Gasteiger charge is -2.67. The van der Waals surface area contributed by atoms with Crippen LogP contribution in [0.5, 0.6) is 0 Å². The third-order valence-corrected chi connectivity index (χ3v) is 20.6. The zero-order valence-corrected chi connectivity index (χ0v) is 33.7. The molecule has 2 heterocycles. The lowest BCUT2D eigenvalue weighted by molar-refractivity contribution is 0.0184. The minimum absolute atomic E-state index is 0.272. The normalized spacial score (nSPS) is 32.5. The van der Waals surface area contributed by atoms with Gasteiger partial charge in [0.1, 0.15) is 0 Å². The van der Waals surface area contributed by atoms with E-state index in [1.165, 1.54) is 122 Å². The summed E-state index contributed by atoms with van der Waals surface area (Å²) in [6.45, 7) is 0. The molecule has 3 aromatic carbocycles. The molecule has 0 saturated heterocycles. The van der Waals surface area contributed by atoms with Crippen LogP contribution in [0, 0.1) is 35.5 Å². The molecular formula is C50H54N2P2. The highest BCUT2D eigenvalue weighted by Gasteiger charge is 2.62. The van der Waals surface area contributed by atoms with E-state index in [9.17, 15) is 0 Å². The van der Waals surface area contributed by atoms with Crippen molar-refractivity contribution < 1.29 is 0 Å². The van der Waals surface area contributed by atoms with E-state index >= 15 is 0 Å². The number of rotatable bonds is 9. The van der Waals surface area contributed by atoms with Crippen molar-refractivity contribution in [2.24, 2.45) is 35.5 Å². The summed E-state index contributed by atoms with van der Waals surface area (Å²) in [5, 5.41) is 0.592. The molecule has 8 bridgehead atoms. The van der Waals surface area contributed by atoms with Crippen LogP contribution in [-0.4, -0.2) is 20.3 Å². The van der Waals surface area contributed by atoms with Crippen LogP contribution in [0.15, 0.2) is 122 Å². The summed E-state index contributed by atoms with van der Waals surface area (Å²) < 4.78 is 0. The van der Waals surface area contributed by atoms with Gasteiger partial charge in [0.05, 0.1) is 5.16 Å². The first-order chi connectivity index (χ1) is 26.5. The maximum atomic E-state index is 4.76. The molecule has 0 amide bonds. The fourth-order valence-electron chi connectivity index (χ4n) is 14.3. The first-order valence-electron chi connectivity index (χ1n) is 21.1. The summed E-state index contributed by atoms with van der Waals surface area (Å²) in [6.07, 6.45) is 27.6. The lowest BCUT2D eigenvalue weighted by Crippen LogP contribution is -2.56. The predicted octanol–water partition coefficient (Wildman–Crippen LogP) is 12.9. The number of pyridine rings is 2. The summed E-state index contributed by atoms with van der Waals surface area (Å²) in [6, 6.07) is 36.6. The van der Waals surface area contributed by atoms with Crippen molar-refractivity contribution in [3.63, 3.8) is 0 Å². The quantitative estimate of drug-likeness (QED) is 0.140. The van der Waals surface area contributed by atoms with Crippen molar-refractivity contribution in [1.82, 2.24) is 9.97 Å². The van der Waals surface area contributed by atoms with Gasteiger partial charge in [0, 0.05) is 24.8 Å². The monoisotopic (exact) mass is 744 g/mol. The highest BCUT2D eigenvalue weighted by molar-refractivity contribution is 7.60. The third kappa shape index (κ3) is 5.63. The van der Waals surface area contributed by atoms with E-state index < -0.39 is 5.16 Å². The molecule has 4 heteroatoms. The van der Waals surface area contributed by atoms with Crippen LogP contribution in [0.25, 0.3) is 22.3 Å². The zero-order chi connectivity index (χ0) is 35.9. The highest BCUT2D eigenvalue weighted by atomic mass is 31.1. The van der Waals surface area contributed by atoms with Crippen LogP contribution in [0.3, 0.4) is 0 Å². The van der Waals surface area contributed by atoms with Crippen molar-refractivity contribution in [2.45, 2.75) is 98.7 Å². The second kappa shape index (κ2) is 13.2. The predicted molar refractivity (Wildman–Crippen MR) is 228 cm³/mol. The van der Waals surface area contributed by atoms with Gasteiger partial charge in [0.15, 0.2) is 0 Å². The van der Waals surface area contributed by atoms with Crippen LogP contribution in [0.1, 0.15) is 99.3 Å².